The molecule has 1 aromatic carbocycles. The normalized spacial score (nSPS) is 15.3. The van der Waals surface area contributed by atoms with Crippen LogP contribution in [0.15, 0.2) is 42.1 Å². The van der Waals surface area contributed by atoms with E-state index in [0.29, 0.717) is 9.89 Å². The standard InChI is InChI=1S/C21H23N3S3/c1-2-8-15-17(13-19-22-16-11-6-7-12-18(16)27-19)23-21(24-20(15)25)26-14-9-4-3-5-10-14/h2,6-7,11-12,14H,1,3-5,8-10,13H2,(H,23,24,25). The van der Waals surface area contributed by atoms with E-state index >= 15 is 0 Å². The second-order valence-electron chi connectivity index (χ2n) is 6.93. The SMILES string of the molecule is C=CCc1c(Cc2nc3ccccc3s2)[nH]c(SC2CCCCC2)nc1=S. The molecule has 0 saturated heterocycles. The maximum absolute atomic E-state index is 5.63. The summed E-state index contributed by atoms with van der Waals surface area (Å²) in [5.74, 6) is 0. The van der Waals surface area contributed by atoms with E-state index in [9.17, 15) is 0 Å². The van der Waals surface area contributed by atoms with Crippen molar-refractivity contribution in [1.29, 1.82) is 0 Å². The van der Waals surface area contributed by atoms with Gasteiger partial charge in [0.1, 0.15) is 4.64 Å². The highest BCUT2D eigenvalue weighted by Crippen LogP contribution is 2.33. The zero-order valence-electron chi connectivity index (χ0n) is 15.2. The third-order valence-electron chi connectivity index (χ3n) is 4.93. The van der Waals surface area contributed by atoms with E-state index in [1.54, 1.807) is 11.3 Å². The van der Waals surface area contributed by atoms with Crippen molar-refractivity contribution < 1.29 is 0 Å². The van der Waals surface area contributed by atoms with Crippen LogP contribution in [0.1, 0.15) is 48.4 Å². The van der Waals surface area contributed by atoms with Crippen molar-refractivity contribution >= 4 is 45.5 Å². The lowest BCUT2D eigenvalue weighted by Gasteiger charge is -2.21. The molecule has 0 aliphatic heterocycles. The molecule has 4 rings (SSSR count). The minimum Gasteiger partial charge on any atom is -0.337 e. The summed E-state index contributed by atoms with van der Waals surface area (Å²) in [6.45, 7) is 3.89. The van der Waals surface area contributed by atoms with Gasteiger partial charge in [-0.25, -0.2) is 9.97 Å². The Morgan fingerprint density at radius 1 is 1.22 bits per heavy atom. The fourth-order valence-electron chi connectivity index (χ4n) is 3.57. The average molecular weight is 414 g/mol. The molecule has 0 spiro atoms. The first-order valence-electron chi connectivity index (χ1n) is 9.47. The highest BCUT2D eigenvalue weighted by Gasteiger charge is 2.18. The Labute approximate surface area is 173 Å². The van der Waals surface area contributed by atoms with E-state index in [1.165, 1.54) is 36.8 Å². The number of hydrogen-bond donors (Lipinski definition) is 1. The molecule has 1 aliphatic carbocycles. The topological polar surface area (TPSA) is 41.6 Å². The molecule has 2 aromatic heterocycles. The van der Waals surface area contributed by atoms with E-state index in [0.717, 1.165) is 39.8 Å². The lowest BCUT2D eigenvalue weighted by Crippen LogP contribution is -2.10. The van der Waals surface area contributed by atoms with Gasteiger partial charge < -0.3 is 4.98 Å². The minimum absolute atomic E-state index is 0.650. The fraction of sp³-hybridized carbons (Fsp3) is 0.381. The van der Waals surface area contributed by atoms with E-state index in [1.807, 2.05) is 23.9 Å². The van der Waals surface area contributed by atoms with Gasteiger partial charge in [0, 0.05) is 22.9 Å². The Hall–Kier alpha value is -1.50. The Morgan fingerprint density at radius 3 is 2.81 bits per heavy atom. The third-order valence-corrected chi connectivity index (χ3v) is 7.52. The van der Waals surface area contributed by atoms with Gasteiger partial charge in [-0.2, -0.15) is 0 Å². The smallest absolute Gasteiger partial charge is 0.167 e. The summed E-state index contributed by atoms with van der Waals surface area (Å²) >= 11 is 9.24. The first-order valence-corrected chi connectivity index (χ1v) is 11.6. The molecule has 1 aliphatic rings. The fourth-order valence-corrected chi connectivity index (χ4v) is 6.12. The van der Waals surface area contributed by atoms with Gasteiger partial charge in [-0.1, -0.05) is 61.5 Å². The van der Waals surface area contributed by atoms with Crippen LogP contribution < -0.4 is 0 Å². The summed E-state index contributed by atoms with van der Waals surface area (Å²) in [5, 5.41) is 2.71. The zero-order chi connectivity index (χ0) is 18.6. The number of H-pyrrole nitrogens is 1. The lowest BCUT2D eigenvalue weighted by atomic mass is 10.0. The summed E-state index contributed by atoms with van der Waals surface area (Å²) in [6.07, 6.45) is 9.95. The number of nitrogens with zero attached hydrogens (tertiary/aromatic N) is 2. The van der Waals surface area contributed by atoms with E-state index < -0.39 is 0 Å². The molecule has 6 heteroatoms. The number of nitrogens with one attached hydrogen (secondary N) is 1. The zero-order valence-corrected chi connectivity index (χ0v) is 17.7. The minimum atomic E-state index is 0.650. The van der Waals surface area contributed by atoms with Gasteiger partial charge in [0.2, 0.25) is 0 Å². The number of aromatic amines is 1. The number of para-hydroxylation sites is 1. The van der Waals surface area contributed by atoms with Crippen molar-refractivity contribution in [1.82, 2.24) is 15.0 Å². The predicted octanol–water partition coefficient (Wildman–Crippen LogP) is 6.49. The summed E-state index contributed by atoms with van der Waals surface area (Å²) < 4.78 is 1.92. The Morgan fingerprint density at radius 2 is 2.04 bits per heavy atom. The van der Waals surface area contributed by atoms with Crippen molar-refractivity contribution in [2.75, 3.05) is 0 Å². The number of hydrogen-bond acceptors (Lipinski definition) is 5. The molecule has 3 nitrogen and oxygen atoms in total. The molecular weight excluding hydrogens is 390 g/mol. The molecule has 0 radical (unpaired) electrons. The van der Waals surface area contributed by atoms with Gasteiger partial charge in [0.15, 0.2) is 5.16 Å². The van der Waals surface area contributed by atoms with Gasteiger partial charge >= 0.3 is 0 Å². The molecule has 2 heterocycles. The largest absolute Gasteiger partial charge is 0.337 e. The number of fused-ring (bicyclic) bond motifs is 1. The molecular formula is C21H23N3S3. The molecule has 0 bridgehead atoms. The number of thiazole rings is 1. The second kappa shape index (κ2) is 8.67. The predicted molar refractivity (Wildman–Crippen MR) is 118 cm³/mol. The molecule has 0 unspecified atom stereocenters. The number of aromatic nitrogens is 3. The van der Waals surface area contributed by atoms with E-state index in [-0.39, 0.29) is 0 Å². The quantitative estimate of drug-likeness (QED) is 0.285. The number of benzene rings is 1. The van der Waals surface area contributed by atoms with Crippen LogP contribution in [-0.2, 0) is 12.8 Å². The van der Waals surface area contributed by atoms with Crippen LogP contribution in [-0.4, -0.2) is 20.2 Å². The number of allylic oxidation sites excluding steroid dienone is 1. The molecule has 27 heavy (non-hydrogen) atoms. The number of thioether (sulfide) groups is 1. The van der Waals surface area contributed by atoms with E-state index in [4.69, 9.17) is 17.2 Å². The molecule has 1 fully saturated rings. The summed E-state index contributed by atoms with van der Waals surface area (Å²) in [4.78, 5) is 13.1. The Balaban J connectivity index is 1.65. The maximum atomic E-state index is 5.63. The molecule has 1 saturated carbocycles. The number of rotatable bonds is 6. The average Bonchev–Trinajstić information content (AvgIpc) is 3.08. The molecule has 3 aromatic rings. The van der Waals surface area contributed by atoms with Gasteiger partial charge in [-0.3, -0.25) is 0 Å². The van der Waals surface area contributed by atoms with Gasteiger partial charge in [0.25, 0.3) is 0 Å². The highest BCUT2D eigenvalue weighted by molar-refractivity contribution is 7.99. The van der Waals surface area contributed by atoms with Crippen LogP contribution in [0.3, 0.4) is 0 Å². The Bertz CT molecular complexity index is 966. The first-order chi connectivity index (χ1) is 13.2. The van der Waals surface area contributed by atoms with Crippen LogP contribution in [0, 0.1) is 4.64 Å². The van der Waals surface area contributed by atoms with Crippen molar-refractivity contribution in [3.8, 4) is 0 Å². The third kappa shape index (κ3) is 4.50. The van der Waals surface area contributed by atoms with Crippen molar-refractivity contribution in [3.63, 3.8) is 0 Å². The van der Waals surface area contributed by atoms with Gasteiger partial charge in [0.05, 0.1) is 15.2 Å². The molecule has 0 atom stereocenters. The highest BCUT2D eigenvalue weighted by atomic mass is 32.2. The van der Waals surface area contributed by atoms with Crippen LogP contribution in [0.4, 0.5) is 0 Å². The summed E-state index contributed by atoms with van der Waals surface area (Å²) in [6, 6.07) is 8.29. The second-order valence-corrected chi connectivity index (χ2v) is 9.72. The van der Waals surface area contributed by atoms with Crippen molar-refractivity contribution in [2.45, 2.75) is 55.4 Å². The van der Waals surface area contributed by atoms with Gasteiger partial charge in [-0.05, 0) is 31.4 Å². The van der Waals surface area contributed by atoms with Crippen LogP contribution in [0.25, 0.3) is 10.2 Å². The molecule has 140 valence electrons. The monoisotopic (exact) mass is 413 g/mol. The van der Waals surface area contributed by atoms with Crippen LogP contribution >= 0.6 is 35.3 Å². The first kappa shape index (κ1) is 18.8. The van der Waals surface area contributed by atoms with Crippen molar-refractivity contribution in [2.24, 2.45) is 0 Å². The lowest BCUT2D eigenvalue weighted by molar-refractivity contribution is 0.515. The molecule has 0 amide bonds. The summed E-state index contributed by atoms with van der Waals surface area (Å²) in [5.41, 5.74) is 3.27. The summed E-state index contributed by atoms with van der Waals surface area (Å²) in [7, 11) is 0. The Kier molecular flexibility index (Phi) is 6.05. The van der Waals surface area contributed by atoms with Crippen molar-refractivity contribution in [3.05, 3.63) is 57.8 Å². The van der Waals surface area contributed by atoms with Crippen LogP contribution in [0.5, 0.6) is 0 Å². The van der Waals surface area contributed by atoms with Gasteiger partial charge in [-0.15, -0.1) is 17.9 Å². The maximum Gasteiger partial charge on any atom is 0.167 e. The van der Waals surface area contributed by atoms with E-state index in [2.05, 4.69) is 34.7 Å². The molecule has 1 N–H and O–H groups in total. The van der Waals surface area contributed by atoms with Crippen LogP contribution in [0.2, 0.25) is 0 Å².